The van der Waals surface area contributed by atoms with E-state index in [0.717, 1.165) is 61.1 Å². The van der Waals surface area contributed by atoms with E-state index in [2.05, 4.69) is 17.4 Å². The first-order chi connectivity index (χ1) is 16.5. The van der Waals surface area contributed by atoms with Gasteiger partial charge in [-0.05, 0) is 73.7 Å². The molecule has 5 rings (SSSR count). The van der Waals surface area contributed by atoms with Crippen molar-refractivity contribution in [2.24, 2.45) is 0 Å². The lowest BCUT2D eigenvalue weighted by atomic mass is 9.94. The van der Waals surface area contributed by atoms with Crippen LogP contribution in [0, 0.1) is 20.8 Å². The van der Waals surface area contributed by atoms with Gasteiger partial charge in [0.25, 0.3) is 5.91 Å². The summed E-state index contributed by atoms with van der Waals surface area (Å²) in [5.74, 6) is 0.643. The number of fused-ring (bicyclic) bond motifs is 2. The Hall–Kier alpha value is -4.18. The molecule has 0 fully saturated rings. The van der Waals surface area contributed by atoms with E-state index in [9.17, 15) is 4.79 Å². The molecule has 5 aromatic rings. The largest absolute Gasteiger partial charge is 0.497 e. The molecule has 0 spiro atoms. The molecule has 0 atom stereocenters. The zero-order valence-corrected chi connectivity index (χ0v) is 19.8. The average Bonchev–Trinajstić information content (AvgIpc) is 2.84. The molecule has 1 heterocycles. The van der Waals surface area contributed by atoms with Crippen LogP contribution in [0.15, 0.2) is 78.9 Å². The van der Waals surface area contributed by atoms with Crippen LogP contribution in [0.5, 0.6) is 5.75 Å². The molecule has 0 aliphatic carbocycles. The summed E-state index contributed by atoms with van der Waals surface area (Å²) in [7, 11) is 1.65. The van der Waals surface area contributed by atoms with Crippen LogP contribution in [0.2, 0.25) is 0 Å². The molecule has 4 nitrogen and oxygen atoms in total. The number of carbonyl (C=O) groups is 1. The second kappa shape index (κ2) is 8.64. The molecule has 4 heteroatoms. The van der Waals surface area contributed by atoms with Gasteiger partial charge in [0, 0.05) is 22.0 Å². The Morgan fingerprint density at radius 1 is 0.853 bits per heavy atom. The van der Waals surface area contributed by atoms with Crippen LogP contribution in [-0.4, -0.2) is 18.0 Å². The van der Waals surface area contributed by atoms with Gasteiger partial charge in [-0.1, -0.05) is 48.0 Å². The highest BCUT2D eigenvalue weighted by atomic mass is 16.5. The Balaban J connectivity index is 1.71. The summed E-state index contributed by atoms with van der Waals surface area (Å²) in [6.45, 7) is 6.06. The molecule has 4 aromatic carbocycles. The van der Waals surface area contributed by atoms with Gasteiger partial charge in [-0.25, -0.2) is 4.98 Å². The zero-order valence-electron chi connectivity index (χ0n) is 19.8. The van der Waals surface area contributed by atoms with Crippen molar-refractivity contribution in [2.75, 3.05) is 12.4 Å². The number of amides is 1. The summed E-state index contributed by atoms with van der Waals surface area (Å²) in [5, 5.41) is 6.15. The minimum Gasteiger partial charge on any atom is -0.497 e. The Morgan fingerprint density at radius 2 is 1.59 bits per heavy atom. The van der Waals surface area contributed by atoms with Crippen molar-refractivity contribution >= 4 is 33.3 Å². The van der Waals surface area contributed by atoms with E-state index in [4.69, 9.17) is 9.72 Å². The predicted molar refractivity (Wildman–Crippen MR) is 140 cm³/mol. The predicted octanol–water partition coefficient (Wildman–Crippen LogP) is 7.24. The molecule has 1 N–H and O–H groups in total. The number of aromatic nitrogens is 1. The summed E-state index contributed by atoms with van der Waals surface area (Å²) in [4.78, 5) is 18.9. The third-order valence-electron chi connectivity index (χ3n) is 6.30. The molecule has 34 heavy (non-hydrogen) atoms. The lowest BCUT2D eigenvalue weighted by molar-refractivity contribution is 0.102. The van der Waals surface area contributed by atoms with Gasteiger partial charge in [0.05, 0.1) is 23.9 Å². The summed E-state index contributed by atoms with van der Waals surface area (Å²) >= 11 is 0. The first kappa shape index (κ1) is 21.7. The summed E-state index contributed by atoms with van der Waals surface area (Å²) < 4.78 is 5.32. The van der Waals surface area contributed by atoms with Crippen molar-refractivity contribution in [3.8, 4) is 17.0 Å². The Morgan fingerprint density at radius 3 is 2.35 bits per heavy atom. The molecule has 0 aliphatic rings. The van der Waals surface area contributed by atoms with Gasteiger partial charge in [-0.2, -0.15) is 0 Å². The van der Waals surface area contributed by atoms with Crippen molar-refractivity contribution in [1.29, 1.82) is 0 Å². The van der Waals surface area contributed by atoms with Crippen LogP contribution in [0.4, 0.5) is 5.69 Å². The molecule has 1 amide bonds. The van der Waals surface area contributed by atoms with Crippen LogP contribution < -0.4 is 10.1 Å². The molecule has 0 saturated heterocycles. The second-order valence-electron chi connectivity index (χ2n) is 8.65. The van der Waals surface area contributed by atoms with Crippen molar-refractivity contribution in [1.82, 2.24) is 4.98 Å². The monoisotopic (exact) mass is 446 g/mol. The standard InChI is InChI=1S/C30H26N2O2/c1-18-16-19(2)28-25(17-18)27(20(3)29(32-28)22-12-14-23(34-4)15-13-22)30(33)31-26-11-7-9-21-8-5-6-10-24(21)26/h5-17H,1-4H3,(H,31,33). The number of nitrogens with zero attached hydrogens (tertiary/aromatic N) is 1. The maximum Gasteiger partial charge on any atom is 0.256 e. The molecular formula is C30H26N2O2. The maximum atomic E-state index is 13.8. The molecule has 0 radical (unpaired) electrons. The van der Waals surface area contributed by atoms with E-state index >= 15 is 0 Å². The average molecular weight is 447 g/mol. The number of benzene rings is 4. The number of nitrogens with one attached hydrogen (secondary N) is 1. The quantitative estimate of drug-likeness (QED) is 0.316. The third kappa shape index (κ3) is 3.77. The van der Waals surface area contributed by atoms with Crippen LogP contribution >= 0.6 is 0 Å². The van der Waals surface area contributed by atoms with Gasteiger partial charge in [0.15, 0.2) is 0 Å². The van der Waals surface area contributed by atoms with Crippen molar-refractivity contribution in [3.05, 3.63) is 101 Å². The number of anilines is 1. The van der Waals surface area contributed by atoms with E-state index in [1.807, 2.05) is 87.5 Å². The molecule has 0 aliphatic heterocycles. The lowest BCUT2D eigenvalue weighted by Gasteiger charge is -2.17. The smallest absolute Gasteiger partial charge is 0.256 e. The number of pyridine rings is 1. The van der Waals surface area contributed by atoms with Crippen LogP contribution in [0.1, 0.15) is 27.0 Å². The minimum atomic E-state index is -0.138. The topological polar surface area (TPSA) is 51.2 Å². The lowest BCUT2D eigenvalue weighted by Crippen LogP contribution is -2.16. The first-order valence-electron chi connectivity index (χ1n) is 11.3. The number of methoxy groups -OCH3 is 1. The highest BCUT2D eigenvalue weighted by Crippen LogP contribution is 2.33. The highest BCUT2D eigenvalue weighted by Gasteiger charge is 2.21. The molecule has 0 saturated carbocycles. The van der Waals surface area contributed by atoms with Gasteiger partial charge >= 0.3 is 0 Å². The van der Waals surface area contributed by atoms with E-state index in [1.165, 1.54) is 0 Å². The highest BCUT2D eigenvalue weighted by molar-refractivity contribution is 6.17. The first-order valence-corrected chi connectivity index (χ1v) is 11.3. The Bertz CT molecular complexity index is 1550. The number of ether oxygens (including phenoxy) is 1. The fourth-order valence-corrected chi connectivity index (χ4v) is 4.66. The van der Waals surface area contributed by atoms with Crippen LogP contribution in [-0.2, 0) is 0 Å². The molecule has 0 unspecified atom stereocenters. The van der Waals surface area contributed by atoms with Gasteiger partial charge in [-0.3, -0.25) is 4.79 Å². The number of hydrogen-bond acceptors (Lipinski definition) is 3. The number of aryl methyl sites for hydroxylation is 2. The van der Waals surface area contributed by atoms with Gasteiger partial charge in [0.1, 0.15) is 5.75 Å². The molecule has 1 aromatic heterocycles. The van der Waals surface area contributed by atoms with Crippen LogP contribution in [0.3, 0.4) is 0 Å². The zero-order chi connectivity index (χ0) is 23.8. The van der Waals surface area contributed by atoms with Gasteiger partial charge in [-0.15, -0.1) is 0 Å². The summed E-state index contributed by atoms with van der Waals surface area (Å²) in [6.07, 6.45) is 0. The summed E-state index contributed by atoms with van der Waals surface area (Å²) in [5.41, 5.74) is 7.01. The Labute approximate surface area is 199 Å². The second-order valence-corrected chi connectivity index (χ2v) is 8.65. The molecular weight excluding hydrogens is 420 g/mol. The summed E-state index contributed by atoms with van der Waals surface area (Å²) in [6, 6.07) is 26.0. The molecule has 0 bridgehead atoms. The number of carbonyl (C=O) groups excluding carboxylic acids is 1. The van der Waals surface area contributed by atoms with Crippen molar-refractivity contribution < 1.29 is 9.53 Å². The maximum absolute atomic E-state index is 13.8. The van der Waals surface area contributed by atoms with E-state index < -0.39 is 0 Å². The van der Waals surface area contributed by atoms with E-state index in [0.29, 0.717) is 5.56 Å². The van der Waals surface area contributed by atoms with E-state index in [-0.39, 0.29) is 5.91 Å². The SMILES string of the molecule is COc1ccc(-c2nc3c(C)cc(C)cc3c(C(=O)Nc3cccc4ccccc34)c2C)cc1. The normalized spacial score (nSPS) is 11.1. The fraction of sp³-hybridized carbons (Fsp3) is 0.133. The number of rotatable bonds is 4. The fourth-order valence-electron chi connectivity index (χ4n) is 4.66. The minimum absolute atomic E-state index is 0.138. The van der Waals surface area contributed by atoms with Crippen LogP contribution in [0.25, 0.3) is 32.9 Å². The number of hydrogen-bond donors (Lipinski definition) is 1. The molecule has 168 valence electrons. The van der Waals surface area contributed by atoms with Gasteiger partial charge in [0.2, 0.25) is 0 Å². The third-order valence-corrected chi connectivity index (χ3v) is 6.30. The van der Waals surface area contributed by atoms with Gasteiger partial charge < -0.3 is 10.1 Å². The van der Waals surface area contributed by atoms with Crippen molar-refractivity contribution in [2.45, 2.75) is 20.8 Å². The Kier molecular flexibility index (Phi) is 5.50. The van der Waals surface area contributed by atoms with Crippen molar-refractivity contribution in [3.63, 3.8) is 0 Å². The van der Waals surface area contributed by atoms with E-state index in [1.54, 1.807) is 7.11 Å².